The van der Waals surface area contributed by atoms with Crippen LogP contribution in [0.1, 0.15) is 37.0 Å². The predicted molar refractivity (Wildman–Crippen MR) is 99.9 cm³/mol. The summed E-state index contributed by atoms with van der Waals surface area (Å²) in [5.74, 6) is 0.526. The van der Waals surface area contributed by atoms with Crippen molar-refractivity contribution >= 4 is 41.7 Å². The minimum atomic E-state index is -0.0960. The molecule has 2 heterocycles. The van der Waals surface area contributed by atoms with Crippen LogP contribution >= 0.6 is 24.2 Å². The maximum Gasteiger partial charge on any atom is 0.253 e. The van der Waals surface area contributed by atoms with E-state index < -0.39 is 0 Å². The SMILES string of the molecule is CC1Sc2ccc(C(=O)N3CCC(C(C)N)CC3)cc2NC1=O.Cl. The van der Waals surface area contributed by atoms with Crippen LogP contribution in [0.5, 0.6) is 0 Å². The predicted octanol–water partition coefficient (Wildman–Crippen LogP) is 2.74. The summed E-state index contributed by atoms with van der Waals surface area (Å²) < 4.78 is 0. The number of amides is 2. The minimum Gasteiger partial charge on any atom is -0.339 e. The molecule has 0 aliphatic carbocycles. The van der Waals surface area contributed by atoms with Crippen LogP contribution in [0.25, 0.3) is 0 Å². The lowest BCUT2D eigenvalue weighted by Gasteiger charge is -2.34. The average Bonchev–Trinajstić information content (AvgIpc) is 2.55. The summed E-state index contributed by atoms with van der Waals surface area (Å²) in [5, 5.41) is 2.79. The standard InChI is InChI=1S/C17H23N3O2S.ClH/c1-10(18)12-5-7-20(8-6-12)17(22)13-3-4-15-14(9-13)19-16(21)11(2)23-15;/h3-4,9-12H,5-8,18H2,1-2H3,(H,19,21);1H. The molecule has 3 N–H and O–H groups in total. The van der Waals surface area contributed by atoms with Gasteiger partial charge in [0.05, 0.1) is 10.9 Å². The van der Waals surface area contributed by atoms with E-state index in [1.54, 1.807) is 6.07 Å². The van der Waals surface area contributed by atoms with E-state index in [4.69, 9.17) is 5.73 Å². The number of nitrogens with two attached hydrogens (primary N) is 1. The third-order valence-corrected chi connectivity index (χ3v) is 5.91. The fraction of sp³-hybridized carbons (Fsp3) is 0.529. The minimum absolute atomic E-state index is 0. The van der Waals surface area contributed by atoms with Gasteiger partial charge in [0.15, 0.2) is 0 Å². The molecule has 0 aromatic heterocycles. The third kappa shape index (κ3) is 3.87. The lowest BCUT2D eigenvalue weighted by Crippen LogP contribution is -2.42. The second kappa shape index (κ2) is 7.76. The van der Waals surface area contributed by atoms with E-state index in [2.05, 4.69) is 5.32 Å². The van der Waals surface area contributed by atoms with Crippen LogP contribution in [-0.2, 0) is 4.79 Å². The van der Waals surface area contributed by atoms with Gasteiger partial charge in [-0.3, -0.25) is 9.59 Å². The van der Waals surface area contributed by atoms with Crippen molar-refractivity contribution in [3.8, 4) is 0 Å². The van der Waals surface area contributed by atoms with Gasteiger partial charge in [0.25, 0.3) is 5.91 Å². The topological polar surface area (TPSA) is 75.4 Å². The molecule has 3 rings (SSSR count). The van der Waals surface area contributed by atoms with E-state index in [9.17, 15) is 9.59 Å². The van der Waals surface area contributed by atoms with Crippen LogP contribution in [0, 0.1) is 5.92 Å². The van der Waals surface area contributed by atoms with E-state index in [1.807, 2.05) is 30.9 Å². The van der Waals surface area contributed by atoms with Gasteiger partial charge in [0.2, 0.25) is 5.91 Å². The Labute approximate surface area is 153 Å². The molecular weight excluding hydrogens is 346 g/mol. The van der Waals surface area contributed by atoms with Gasteiger partial charge in [0.1, 0.15) is 0 Å². The zero-order chi connectivity index (χ0) is 16.6. The highest BCUT2D eigenvalue weighted by molar-refractivity contribution is 8.00. The lowest BCUT2D eigenvalue weighted by atomic mass is 9.90. The molecule has 0 bridgehead atoms. The summed E-state index contributed by atoms with van der Waals surface area (Å²) in [7, 11) is 0. The van der Waals surface area contributed by atoms with Gasteiger partial charge < -0.3 is 16.0 Å². The van der Waals surface area contributed by atoms with Gasteiger partial charge in [-0.25, -0.2) is 0 Å². The smallest absolute Gasteiger partial charge is 0.253 e. The second-order valence-electron chi connectivity index (χ2n) is 6.45. The van der Waals surface area contributed by atoms with Gasteiger partial charge in [-0.1, -0.05) is 0 Å². The molecule has 1 aromatic rings. The number of piperidine rings is 1. The number of thioether (sulfide) groups is 1. The van der Waals surface area contributed by atoms with Gasteiger partial charge in [-0.15, -0.1) is 24.2 Å². The number of benzene rings is 1. The van der Waals surface area contributed by atoms with Crippen molar-refractivity contribution in [2.75, 3.05) is 18.4 Å². The van der Waals surface area contributed by atoms with Gasteiger partial charge >= 0.3 is 0 Å². The van der Waals surface area contributed by atoms with Crippen molar-refractivity contribution in [3.63, 3.8) is 0 Å². The van der Waals surface area contributed by atoms with Crippen LogP contribution in [0.4, 0.5) is 5.69 Å². The maximum atomic E-state index is 12.7. The first-order valence-electron chi connectivity index (χ1n) is 8.12. The first-order chi connectivity index (χ1) is 11.0. The Morgan fingerprint density at radius 3 is 2.67 bits per heavy atom. The van der Waals surface area contributed by atoms with Gasteiger partial charge in [-0.05, 0) is 50.8 Å². The van der Waals surface area contributed by atoms with Crippen molar-refractivity contribution in [3.05, 3.63) is 23.8 Å². The molecule has 2 atom stereocenters. The Bertz CT molecular complexity index is 630. The Balaban J connectivity index is 0.00000208. The van der Waals surface area contributed by atoms with Crippen molar-refractivity contribution in [2.24, 2.45) is 11.7 Å². The number of nitrogens with one attached hydrogen (secondary N) is 1. The van der Waals surface area contributed by atoms with Crippen molar-refractivity contribution in [1.82, 2.24) is 4.90 Å². The van der Waals surface area contributed by atoms with Crippen LogP contribution < -0.4 is 11.1 Å². The third-order valence-electron chi connectivity index (χ3n) is 4.73. The largest absolute Gasteiger partial charge is 0.339 e. The molecule has 0 saturated carbocycles. The number of hydrogen-bond donors (Lipinski definition) is 2. The Morgan fingerprint density at radius 1 is 1.38 bits per heavy atom. The van der Waals surface area contributed by atoms with Crippen LogP contribution in [0.2, 0.25) is 0 Å². The summed E-state index contributed by atoms with van der Waals surface area (Å²) in [6, 6.07) is 5.77. The maximum absolute atomic E-state index is 12.7. The zero-order valence-electron chi connectivity index (χ0n) is 14.0. The molecule has 2 aliphatic heterocycles. The molecule has 2 unspecified atom stereocenters. The molecule has 0 radical (unpaired) electrons. The quantitative estimate of drug-likeness (QED) is 0.840. The number of likely N-dealkylation sites (tertiary alicyclic amines) is 1. The molecule has 2 amide bonds. The number of carbonyl (C=O) groups is 2. The fourth-order valence-electron chi connectivity index (χ4n) is 3.15. The Kier molecular flexibility index (Phi) is 6.17. The highest BCUT2D eigenvalue weighted by Gasteiger charge is 2.27. The molecule has 7 heteroatoms. The number of anilines is 1. The highest BCUT2D eigenvalue weighted by Crippen LogP contribution is 2.36. The van der Waals surface area contributed by atoms with Gasteiger partial charge in [-0.2, -0.15) is 0 Å². The molecular formula is C17H24ClN3O2S. The van der Waals surface area contributed by atoms with E-state index >= 15 is 0 Å². The highest BCUT2D eigenvalue weighted by atomic mass is 35.5. The van der Waals surface area contributed by atoms with E-state index in [1.165, 1.54) is 11.8 Å². The number of nitrogens with zero attached hydrogens (tertiary/aromatic N) is 1. The summed E-state index contributed by atoms with van der Waals surface area (Å²) >= 11 is 1.53. The zero-order valence-corrected chi connectivity index (χ0v) is 15.6. The Morgan fingerprint density at radius 2 is 2.04 bits per heavy atom. The monoisotopic (exact) mass is 369 g/mol. The lowest BCUT2D eigenvalue weighted by molar-refractivity contribution is -0.115. The van der Waals surface area contributed by atoms with E-state index in [-0.39, 0.29) is 35.5 Å². The van der Waals surface area contributed by atoms with Crippen LogP contribution in [0.3, 0.4) is 0 Å². The molecule has 5 nitrogen and oxygen atoms in total. The van der Waals surface area contributed by atoms with Crippen molar-refractivity contribution in [1.29, 1.82) is 0 Å². The Hall–Kier alpha value is -1.24. The molecule has 2 aliphatic rings. The van der Waals surface area contributed by atoms with E-state index in [0.717, 1.165) is 36.5 Å². The van der Waals surface area contributed by atoms with Crippen molar-refractivity contribution in [2.45, 2.75) is 42.9 Å². The van der Waals surface area contributed by atoms with Crippen molar-refractivity contribution < 1.29 is 9.59 Å². The van der Waals surface area contributed by atoms with Gasteiger partial charge in [0, 0.05) is 29.6 Å². The molecule has 1 aromatic carbocycles. The number of rotatable bonds is 2. The number of fused-ring (bicyclic) bond motifs is 1. The first-order valence-corrected chi connectivity index (χ1v) is 9.00. The normalized spacial score (nSPS) is 22.2. The average molecular weight is 370 g/mol. The molecule has 1 fully saturated rings. The summed E-state index contributed by atoms with van der Waals surface area (Å²) in [5.41, 5.74) is 7.34. The molecule has 0 spiro atoms. The van der Waals surface area contributed by atoms with E-state index in [0.29, 0.717) is 11.5 Å². The molecule has 1 saturated heterocycles. The summed E-state index contributed by atoms with van der Waals surface area (Å²) in [6.07, 6.45) is 1.91. The molecule has 24 heavy (non-hydrogen) atoms. The summed E-state index contributed by atoms with van der Waals surface area (Å²) in [4.78, 5) is 27.4. The first kappa shape index (κ1) is 19.1. The fourth-order valence-corrected chi connectivity index (χ4v) is 4.08. The number of hydrogen-bond acceptors (Lipinski definition) is 4. The van der Waals surface area contributed by atoms with Crippen LogP contribution in [0.15, 0.2) is 23.1 Å². The summed E-state index contributed by atoms with van der Waals surface area (Å²) in [6.45, 7) is 5.41. The number of carbonyl (C=O) groups excluding carboxylic acids is 2. The van der Waals surface area contributed by atoms with Crippen LogP contribution in [-0.4, -0.2) is 41.1 Å². The molecule has 132 valence electrons. The number of halogens is 1. The second-order valence-corrected chi connectivity index (χ2v) is 7.83.